The number of fused-ring (bicyclic) bond motifs is 1. The molecule has 1 aliphatic rings. The lowest BCUT2D eigenvalue weighted by molar-refractivity contribution is 0.454. The number of hydrogen-bond donors (Lipinski definition) is 2. The van der Waals surface area contributed by atoms with E-state index in [2.05, 4.69) is 17.1 Å². The molecule has 2 aromatic rings. The summed E-state index contributed by atoms with van der Waals surface area (Å²) in [5, 5.41) is 19.7. The summed E-state index contributed by atoms with van der Waals surface area (Å²) in [6.07, 6.45) is 4.84. The molecule has 0 atom stereocenters. The lowest BCUT2D eigenvalue weighted by atomic mass is 9.89. The van der Waals surface area contributed by atoms with E-state index >= 15 is 0 Å². The molecule has 0 amide bonds. The zero-order chi connectivity index (χ0) is 14.1. The average Bonchev–Trinajstić information content (AvgIpc) is 2.77. The highest BCUT2D eigenvalue weighted by molar-refractivity contribution is 6.30. The standard InChI is InChI=1S/C16H13ClN2O/c17-12-6-4-10(5-7-12)8-11-2-1-3-14-15(11)13(9-18)16(20)19-14/h4-8,19-20H,1-3H2/b11-8+. The first-order chi connectivity index (χ1) is 9.69. The quantitative estimate of drug-likeness (QED) is 0.827. The maximum atomic E-state index is 9.80. The normalized spacial score (nSPS) is 15.9. The van der Waals surface area contributed by atoms with Crippen molar-refractivity contribution in [3.8, 4) is 11.9 Å². The fourth-order valence-corrected chi connectivity index (χ4v) is 2.80. The third kappa shape index (κ3) is 2.19. The summed E-state index contributed by atoms with van der Waals surface area (Å²) in [6, 6.07) is 9.67. The number of aromatic nitrogens is 1. The minimum atomic E-state index is -0.0265. The van der Waals surface area contributed by atoms with Crippen LogP contribution in [0.5, 0.6) is 5.88 Å². The van der Waals surface area contributed by atoms with Crippen LogP contribution in [-0.2, 0) is 6.42 Å². The second-order valence-corrected chi connectivity index (χ2v) is 5.33. The van der Waals surface area contributed by atoms with Crippen LogP contribution < -0.4 is 0 Å². The number of rotatable bonds is 1. The number of nitrogens with zero attached hydrogens (tertiary/aromatic N) is 1. The minimum absolute atomic E-state index is 0.0265. The van der Waals surface area contributed by atoms with E-state index in [1.165, 1.54) is 0 Å². The average molecular weight is 285 g/mol. The molecule has 0 bridgehead atoms. The van der Waals surface area contributed by atoms with Gasteiger partial charge in [-0.25, -0.2) is 0 Å². The molecule has 3 nitrogen and oxygen atoms in total. The summed E-state index contributed by atoms with van der Waals surface area (Å²) in [5.74, 6) is -0.0265. The Morgan fingerprint density at radius 2 is 2.00 bits per heavy atom. The fraction of sp³-hybridized carbons (Fsp3) is 0.188. The summed E-state index contributed by atoms with van der Waals surface area (Å²) in [5.41, 5.74) is 4.29. The Labute approximate surface area is 122 Å². The summed E-state index contributed by atoms with van der Waals surface area (Å²) >= 11 is 5.88. The van der Waals surface area contributed by atoms with Gasteiger partial charge in [0.25, 0.3) is 0 Å². The number of nitrogens with one attached hydrogen (secondary N) is 1. The zero-order valence-corrected chi connectivity index (χ0v) is 11.5. The van der Waals surface area contributed by atoms with E-state index in [9.17, 15) is 10.4 Å². The van der Waals surface area contributed by atoms with Crippen LogP contribution in [0.25, 0.3) is 11.6 Å². The molecule has 0 saturated carbocycles. The molecule has 0 unspecified atom stereocenters. The van der Waals surface area contributed by atoms with Gasteiger partial charge in [0.1, 0.15) is 11.6 Å². The molecule has 3 rings (SSSR count). The van der Waals surface area contributed by atoms with Crippen molar-refractivity contribution in [2.75, 3.05) is 0 Å². The van der Waals surface area contributed by atoms with Gasteiger partial charge in [-0.3, -0.25) is 0 Å². The van der Waals surface area contributed by atoms with Gasteiger partial charge < -0.3 is 10.1 Å². The number of aryl methyl sites for hydroxylation is 1. The van der Waals surface area contributed by atoms with Gasteiger partial charge >= 0.3 is 0 Å². The molecular formula is C16H13ClN2O. The number of H-pyrrole nitrogens is 1. The Bertz CT molecular complexity index is 720. The van der Waals surface area contributed by atoms with Crippen molar-refractivity contribution in [2.24, 2.45) is 0 Å². The lowest BCUT2D eigenvalue weighted by Crippen LogP contribution is -2.01. The number of halogens is 1. The van der Waals surface area contributed by atoms with E-state index in [0.717, 1.165) is 41.7 Å². The van der Waals surface area contributed by atoms with Crippen LogP contribution in [0.4, 0.5) is 0 Å². The maximum Gasteiger partial charge on any atom is 0.207 e. The van der Waals surface area contributed by atoms with Gasteiger partial charge in [0.2, 0.25) is 5.88 Å². The number of aromatic hydroxyl groups is 1. The third-order valence-corrected chi connectivity index (χ3v) is 3.83. The van der Waals surface area contributed by atoms with Crippen LogP contribution >= 0.6 is 11.6 Å². The van der Waals surface area contributed by atoms with Gasteiger partial charge in [-0.05, 0) is 42.5 Å². The van der Waals surface area contributed by atoms with Crippen LogP contribution in [0, 0.1) is 11.3 Å². The molecule has 0 radical (unpaired) electrons. The van der Waals surface area contributed by atoms with Crippen LogP contribution in [0.2, 0.25) is 5.02 Å². The molecule has 0 aliphatic heterocycles. The number of aromatic amines is 1. The topological polar surface area (TPSA) is 59.8 Å². The minimum Gasteiger partial charge on any atom is -0.494 e. The molecule has 20 heavy (non-hydrogen) atoms. The number of nitriles is 1. The summed E-state index contributed by atoms with van der Waals surface area (Å²) < 4.78 is 0. The molecule has 1 aliphatic carbocycles. The van der Waals surface area contributed by atoms with Crippen molar-refractivity contribution in [3.63, 3.8) is 0 Å². The first-order valence-electron chi connectivity index (χ1n) is 6.49. The van der Waals surface area contributed by atoms with Crippen LogP contribution in [0.3, 0.4) is 0 Å². The number of benzene rings is 1. The summed E-state index contributed by atoms with van der Waals surface area (Å²) in [4.78, 5) is 2.91. The SMILES string of the molecule is N#Cc1c(O)[nH]c2c1/C(=C/c1ccc(Cl)cc1)CCC2. The van der Waals surface area contributed by atoms with E-state index in [1.54, 1.807) is 0 Å². The highest BCUT2D eigenvalue weighted by Crippen LogP contribution is 2.38. The van der Waals surface area contributed by atoms with E-state index in [-0.39, 0.29) is 5.88 Å². The largest absolute Gasteiger partial charge is 0.494 e. The Kier molecular flexibility index (Phi) is 3.25. The molecule has 1 aromatic carbocycles. The first kappa shape index (κ1) is 12.8. The lowest BCUT2D eigenvalue weighted by Gasteiger charge is -2.15. The molecular weight excluding hydrogens is 272 g/mol. The smallest absolute Gasteiger partial charge is 0.207 e. The van der Waals surface area contributed by atoms with Gasteiger partial charge in [0, 0.05) is 16.3 Å². The van der Waals surface area contributed by atoms with E-state index in [1.807, 2.05) is 24.3 Å². The molecule has 0 saturated heterocycles. The van der Waals surface area contributed by atoms with Gasteiger partial charge in [-0.15, -0.1) is 0 Å². The second kappa shape index (κ2) is 5.07. The van der Waals surface area contributed by atoms with Gasteiger partial charge in [0.15, 0.2) is 0 Å². The van der Waals surface area contributed by atoms with Gasteiger partial charge in [0.05, 0.1) is 0 Å². The number of allylic oxidation sites excluding steroid dienone is 1. The van der Waals surface area contributed by atoms with Gasteiger partial charge in [-0.1, -0.05) is 29.8 Å². The molecule has 0 spiro atoms. The maximum absolute atomic E-state index is 9.80. The Balaban J connectivity index is 2.10. The third-order valence-electron chi connectivity index (χ3n) is 3.57. The monoisotopic (exact) mass is 284 g/mol. The zero-order valence-electron chi connectivity index (χ0n) is 10.8. The van der Waals surface area contributed by atoms with E-state index in [4.69, 9.17) is 11.6 Å². The molecule has 1 aromatic heterocycles. The van der Waals surface area contributed by atoms with Crippen molar-refractivity contribution in [1.82, 2.24) is 4.98 Å². The van der Waals surface area contributed by atoms with E-state index < -0.39 is 0 Å². The molecule has 0 fully saturated rings. The Morgan fingerprint density at radius 3 is 2.70 bits per heavy atom. The predicted molar refractivity (Wildman–Crippen MR) is 79.4 cm³/mol. The predicted octanol–water partition coefficient (Wildman–Crippen LogP) is 4.12. The van der Waals surface area contributed by atoms with Crippen molar-refractivity contribution in [1.29, 1.82) is 5.26 Å². The van der Waals surface area contributed by atoms with E-state index in [0.29, 0.717) is 10.6 Å². The van der Waals surface area contributed by atoms with Crippen molar-refractivity contribution in [2.45, 2.75) is 19.3 Å². The Hall–Kier alpha value is -2.18. The van der Waals surface area contributed by atoms with Crippen LogP contribution in [0.1, 0.15) is 35.2 Å². The highest BCUT2D eigenvalue weighted by Gasteiger charge is 2.23. The van der Waals surface area contributed by atoms with Gasteiger partial charge in [-0.2, -0.15) is 5.26 Å². The molecule has 4 heteroatoms. The number of hydrogen-bond acceptors (Lipinski definition) is 2. The first-order valence-corrected chi connectivity index (χ1v) is 6.87. The van der Waals surface area contributed by atoms with Crippen molar-refractivity contribution >= 4 is 23.3 Å². The highest BCUT2D eigenvalue weighted by atomic mass is 35.5. The second-order valence-electron chi connectivity index (χ2n) is 4.89. The Morgan fingerprint density at radius 1 is 1.25 bits per heavy atom. The molecule has 100 valence electrons. The van der Waals surface area contributed by atoms with Crippen molar-refractivity contribution < 1.29 is 5.11 Å². The van der Waals surface area contributed by atoms with Crippen molar-refractivity contribution in [3.05, 3.63) is 51.7 Å². The fourth-order valence-electron chi connectivity index (χ4n) is 2.67. The molecule has 1 heterocycles. The molecule has 2 N–H and O–H groups in total. The summed E-state index contributed by atoms with van der Waals surface area (Å²) in [6.45, 7) is 0. The van der Waals surface area contributed by atoms with Crippen LogP contribution in [0.15, 0.2) is 24.3 Å². The summed E-state index contributed by atoms with van der Waals surface area (Å²) in [7, 11) is 0. The van der Waals surface area contributed by atoms with Crippen LogP contribution in [-0.4, -0.2) is 10.1 Å².